The molecule has 264 valence electrons. The van der Waals surface area contributed by atoms with Crippen LogP contribution in [0, 0.1) is 40.5 Å². The van der Waals surface area contributed by atoms with Crippen LogP contribution in [0.3, 0.4) is 0 Å². The lowest BCUT2D eigenvalue weighted by Gasteiger charge is -2.24. The van der Waals surface area contributed by atoms with Crippen LogP contribution in [0.5, 0.6) is 0 Å². The van der Waals surface area contributed by atoms with Crippen LogP contribution in [-0.4, -0.2) is 60.0 Å². The van der Waals surface area contributed by atoms with Gasteiger partial charge in [0, 0.05) is 28.9 Å². The van der Waals surface area contributed by atoms with E-state index in [1.54, 1.807) is 32.9 Å². The number of amides is 1. The Morgan fingerprint density at radius 2 is 1.24 bits per heavy atom. The monoisotopic (exact) mass is 745 g/mol. The highest BCUT2D eigenvalue weighted by Crippen LogP contribution is 2.31. The van der Waals surface area contributed by atoms with Crippen molar-refractivity contribution < 1.29 is 46.1 Å². The first-order valence-corrected chi connectivity index (χ1v) is 17.5. The number of sulfone groups is 1. The maximum Gasteiger partial charge on any atom is 0.407 e. The van der Waals surface area contributed by atoms with Gasteiger partial charge in [0.1, 0.15) is 10.5 Å². The zero-order chi connectivity index (χ0) is 37.3. The van der Waals surface area contributed by atoms with E-state index in [1.165, 1.54) is 0 Å². The maximum absolute atomic E-state index is 12.9. The number of ether oxygens (including phenoxy) is 1. The number of benzene rings is 3. The SMILES string of the molecule is CC(C)(C)OC(=O)N[C@H](CCS(=O)(=O)c1ccc([N+](=O)[O-])cc1[N+](=O)[O-])Cc1ccccc1.O=[N+]([O-])c1ccc(S(=O)(=O)Cl)c([N+](=O)[O-])c1. The van der Waals surface area contributed by atoms with Gasteiger partial charge in [-0.05, 0) is 51.3 Å². The first kappa shape index (κ1) is 39.9. The lowest BCUT2D eigenvalue weighted by atomic mass is 10.0. The summed E-state index contributed by atoms with van der Waals surface area (Å²) >= 11 is 0. The molecule has 1 atom stereocenters. The van der Waals surface area contributed by atoms with Crippen LogP contribution >= 0.6 is 10.7 Å². The molecule has 0 aliphatic rings. The molecule has 0 aromatic heterocycles. The van der Waals surface area contributed by atoms with Crippen LogP contribution in [0.4, 0.5) is 27.5 Å². The third-order valence-electron chi connectivity index (χ3n) is 6.08. The Labute approximate surface area is 282 Å². The van der Waals surface area contributed by atoms with E-state index in [-0.39, 0.29) is 6.42 Å². The molecule has 0 spiro atoms. The fourth-order valence-corrected chi connectivity index (χ4v) is 6.55. The Bertz CT molecular complexity index is 1970. The van der Waals surface area contributed by atoms with Crippen molar-refractivity contribution >= 4 is 58.4 Å². The highest BCUT2D eigenvalue weighted by atomic mass is 35.7. The summed E-state index contributed by atoms with van der Waals surface area (Å²) in [7, 11) is -3.57. The van der Waals surface area contributed by atoms with E-state index < -0.39 is 94.6 Å². The van der Waals surface area contributed by atoms with Gasteiger partial charge in [0.25, 0.3) is 31.8 Å². The zero-order valence-electron chi connectivity index (χ0n) is 25.7. The number of carbonyl (C=O) groups excluding carboxylic acids is 1. The third-order valence-corrected chi connectivity index (χ3v) is 9.24. The number of alkyl carbamates (subject to hydrolysis) is 1. The van der Waals surface area contributed by atoms with Crippen molar-refractivity contribution in [3.05, 3.63) is 113 Å². The summed E-state index contributed by atoms with van der Waals surface area (Å²) in [5.41, 5.74) is -2.89. The Morgan fingerprint density at radius 1 is 0.776 bits per heavy atom. The summed E-state index contributed by atoms with van der Waals surface area (Å²) in [6.07, 6.45) is -0.482. The van der Waals surface area contributed by atoms with E-state index in [0.29, 0.717) is 18.6 Å². The molecular formula is C27H28ClN5O14S2. The van der Waals surface area contributed by atoms with Crippen LogP contribution in [0.25, 0.3) is 0 Å². The van der Waals surface area contributed by atoms with Crippen LogP contribution in [0.15, 0.2) is 76.5 Å². The molecule has 0 fully saturated rings. The standard InChI is InChI=1S/C21H25N3O8S.C6H3ClN2O6S/c1-21(2,3)32-20(25)22-16(13-15-7-5-4-6-8-15)11-12-33(30,31)19-10-9-17(23(26)27)14-18(19)24(28)29;7-16(14,15)6-2-1-4(8(10)11)3-5(6)9(12)13/h4-10,14,16H,11-13H2,1-3H3,(H,22,25);1-3H/t16-;/m1./s1. The molecule has 0 bridgehead atoms. The minimum absolute atomic E-state index is 0.0649. The Morgan fingerprint density at radius 3 is 1.67 bits per heavy atom. The van der Waals surface area contributed by atoms with Crippen molar-refractivity contribution in [1.29, 1.82) is 0 Å². The van der Waals surface area contributed by atoms with Gasteiger partial charge < -0.3 is 10.1 Å². The maximum atomic E-state index is 12.9. The van der Waals surface area contributed by atoms with Crippen molar-refractivity contribution in [3.63, 3.8) is 0 Å². The molecule has 0 unspecified atom stereocenters. The molecule has 0 saturated carbocycles. The first-order chi connectivity index (χ1) is 22.5. The van der Waals surface area contributed by atoms with E-state index in [0.717, 1.165) is 29.8 Å². The number of nitrogens with one attached hydrogen (secondary N) is 1. The lowest BCUT2D eigenvalue weighted by Crippen LogP contribution is -2.41. The third kappa shape index (κ3) is 12.4. The topological polar surface area (TPSA) is 279 Å². The largest absolute Gasteiger partial charge is 0.444 e. The Balaban J connectivity index is 0.000000435. The van der Waals surface area contributed by atoms with Gasteiger partial charge in [0.05, 0.1) is 37.6 Å². The second-order valence-corrected chi connectivity index (χ2v) is 15.5. The number of non-ortho nitro benzene ring substituents is 2. The molecule has 3 rings (SSSR count). The molecule has 0 aliphatic carbocycles. The van der Waals surface area contributed by atoms with E-state index in [4.69, 9.17) is 15.4 Å². The minimum Gasteiger partial charge on any atom is -0.444 e. The number of rotatable bonds is 12. The summed E-state index contributed by atoms with van der Waals surface area (Å²) < 4.78 is 52.9. The second-order valence-electron chi connectivity index (χ2n) is 10.9. The molecule has 0 aliphatic heterocycles. The normalized spacial score (nSPS) is 12.1. The number of nitrogens with zero attached hydrogens (tertiary/aromatic N) is 4. The van der Waals surface area contributed by atoms with Gasteiger partial charge in [-0.3, -0.25) is 40.5 Å². The van der Waals surface area contributed by atoms with Gasteiger partial charge in [-0.2, -0.15) is 0 Å². The molecule has 1 N–H and O–H groups in total. The van der Waals surface area contributed by atoms with Gasteiger partial charge in [-0.15, -0.1) is 0 Å². The average molecular weight is 746 g/mol. The predicted octanol–water partition coefficient (Wildman–Crippen LogP) is 5.23. The van der Waals surface area contributed by atoms with Crippen LogP contribution in [-0.2, 0) is 30.0 Å². The lowest BCUT2D eigenvalue weighted by molar-refractivity contribution is -0.396. The van der Waals surface area contributed by atoms with Gasteiger partial charge in [-0.1, -0.05) is 30.3 Å². The summed E-state index contributed by atoms with van der Waals surface area (Å²) in [6.45, 7) is 5.07. The highest BCUT2D eigenvalue weighted by Gasteiger charge is 2.30. The van der Waals surface area contributed by atoms with Gasteiger partial charge in [-0.25, -0.2) is 21.6 Å². The first-order valence-electron chi connectivity index (χ1n) is 13.6. The quantitative estimate of drug-likeness (QED) is 0.141. The summed E-state index contributed by atoms with van der Waals surface area (Å²) in [6, 6.07) is 12.9. The molecule has 0 heterocycles. The van der Waals surface area contributed by atoms with Crippen LogP contribution < -0.4 is 5.32 Å². The number of nitro groups is 4. The number of halogens is 1. The molecule has 49 heavy (non-hydrogen) atoms. The predicted molar refractivity (Wildman–Crippen MR) is 173 cm³/mol. The molecule has 0 radical (unpaired) electrons. The fraction of sp³-hybridized carbons (Fsp3) is 0.296. The van der Waals surface area contributed by atoms with Crippen molar-refractivity contribution in [2.75, 3.05) is 5.75 Å². The van der Waals surface area contributed by atoms with Crippen LogP contribution in [0.1, 0.15) is 32.8 Å². The van der Waals surface area contributed by atoms with Crippen molar-refractivity contribution in [3.8, 4) is 0 Å². The summed E-state index contributed by atoms with van der Waals surface area (Å²) in [5.74, 6) is -0.529. The Kier molecular flexibility index (Phi) is 13.2. The molecule has 19 nitrogen and oxygen atoms in total. The molecule has 3 aromatic carbocycles. The van der Waals surface area contributed by atoms with E-state index >= 15 is 0 Å². The van der Waals surface area contributed by atoms with E-state index in [9.17, 15) is 62.1 Å². The van der Waals surface area contributed by atoms with E-state index in [1.807, 2.05) is 18.2 Å². The zero-order valence-corrected chi connectivity index (χ0v) is 28.1. The van der Waals surface area contributed by atoms with E-state index in [2.05, 4.69) is 5.32 Å². The van der Waals surface area contributed by atoms with Crippen molar-refractivity contribution in [1.82, 2.24) is 5.32 Å². The molecular weight excluding hydrogens is 718 g/mol. The summed E-state index contributed by atoms with van der Waals surface area (Å²) in [5, 5.41) is 45.8. The molecule has 0 saturated heterocycles. The second kappa shape index (κ2) is 16.2. The summed E-state index contributed by atoms with van der Waals surface area (Å²) in [4.78, 5) is 50.2. The molecule has 1 amide bonds. The average Bonchev–Trinajstić information content (AvgIpc) is 2.98. The van der Waals surface area contributed by atoms with Gasteiger partial charge >= 0.3 is 6.09 Å². The van der Waals surface area contributed by atoms with Crippen LogP contribution in [0.2, 0.25) is 0 Å². The number of hydrogen-bond acceptors (Lipinski definition) is 14. The van der Waals surface area contributed by atoms with Crippen molar-refractivity contribution in [2.24, 2.45) is 0 Å². The van der Waals surface area contributed by atoms with Gasteiger partial charge in [0.15, 0.2) is 14.7 Å². The fourth-order valence-electron chi connectivity index (χ4n) is 4.00. The number of nitro benzene ring substituents is 4. The highest BCUT2D eigenvalue weighted by molar-refractivity contribution is 8.13. The van der Waals surface area contributed by atoms with Gasteiger partial charge in [0.2, 0.25) is 0 Å². The molecule has 3 aromatic rings. The molecule has 22 heteroatoms. The minimum atomic E-state index is -4.31. The van der Waals surface area contributed by atoms with Crippen molar-refractivity contribution in [2.45, 2.75) is 55.0 Å². The smallest absolute Gasteiger partial charge is 0.407 e. The number of hydrogen-bond donors (Lipinski definition) is 1. The Hall–Kier alpha value is -5.28. The number of carbonyl (C=O) groups is 1.